The molecule has 3 aromatic rings. The van der Waals surface area contributed by atoms with Gasteiger partial charge in [0.25, 0.3) is 0 Å². The van der Waals surface area contributed by atoms with Crippen molar-refractivity contribution in [2.45, 2.75) is 12.5 Å². The van der Waals surface area contributed by atoms with Crippen molar-refractivity contribution >= 4 is 23.3 Å². The van der Waals surface area contributed by atoms with Gasteiger partial charge in [-0.2, -0.15) is 5.10 Å². The van der Waals surface area contributed by atoms with Gasteiger partial charge < -0.3 is 15.4 Å². The van der Waals surface area contributed by atoms with Crippen LogP contribution in [0.5, 0.6) is 5.75 Å². The van der Waals surface area contributed by atoms with Crippen LogP contribution in [0.4, 0.5) is 11.5 Å². The summed E-state index contributed by atoms with van der Waals surface area (Å²) in [7, 11) is 1.54. The third-order valence-electron chi connectivity index (χ3n) is 4.41. The number of fused-ring (bicyclic) bond motifs is 1. The summed E-state index contributed by atoms with van der Waals surface area (Å²) >= 11 is 0. The molecule has 2 aromatic carbocycles. The summed E-state index contributed by atoms with van der Waals surface area (Å²) in [5, 5.41) is 10.2. The molecule has 1 aliphatic rings. The summed E-state index contributed by atoms with van der Waals surface area (Å²) in [6, 6.07) is 17.8. The summed E-state index contributed by atoms with van der Waals surface area (Å²) in [6.45, 7) is 0. The molecule has 27 heavy (non-hydrogen) atoms. The summed E-state index contributed by atoms with van der Waals surface area (Å²) in [5.41, 5.74) is 2.16. The molecule has 1 atom stereocenters. The molecule has 2 N–H and O–H groups in total. The van der Waals surface area contributed by atoms with E-state index >= 15 is 0 Å². The molecule has 4 rings (SSSR count). The largest absolute Gasteiger partial charge is 0.495 e. The van der Waals surface area contributed by atoms with Gasteiger partial charge in [0.2, 0.25) is 11.8 Å². The van der Waals surface area contributed by atoms with Crippen LogP contribution in [-0.2, 0) is 9.59 Å². The Bertz CT molecular complexity index is 997. The maximum Gasteiger partial charge on any atom is 0.249 e. The highest BCUT2D eigenvalue weighted by molar-refractivity contribution is 6.02. The number of amides is 2. The predicted octanol–water partition coefficient (Wildman–Crippen LogP) is 3.08. The molecule has 2 heterocycles. The van der Waals surface area contributed by atoms with Crippen LogP contribution in [-0.4, -0.2) is 28.7 Å². The van der Waals surface area contributed by atoms with E-state index in [1.54, 1.807) is 28.9 Å². The summed E-state index contributed by atoms with van der Waals surface area (Å²) < 4.78 is 6.83. The van der Waals surface area contributed by atoms with Crippen LogP contribution in [0.1, 0.15) is 12.5 Å². The van der Waals surface area contributed by atoms with Crippen molar-refractivity contribution in [1.82, 2.24) is 9.78 Å². The fourth-order valence-corrected chi connectivity index (χ4v) is 3.10. The van der Waals surface area contributed by atoms with Crippen molar-refractivity contribution in [2.24, 2.45) is 0 Å². The number of hydrogen-bond acceptors (Lipinski definition) is 4. The molecule has 0 spiro atoms. The normalized spacial score (nSPS) is 15.6. The number of anilines is 2. The minimum atomic E-state index is -0.740. The predicted molar refractivity (Wildman–Crippen MR) is 102 cm³/mol. The minimum Gasteiger partial charge on any atom is -0.495 e. The van der Waals surface area contributed by atoms with Gasteiger partial charge in [0.1, 0.15) is 17.6 Å². The highest BCUT2D eigenvalue weighted by Crippen LogP contribution is 2.31. The smallest absolute Gasteiger partial charge is 0.249 e. The summed E-state index contributed by atoms with van der Waals surface area (Å²) in [6.07, 6.45) is 0.0178. The van der Waals surface area contributed by atoms with E-state index in [9.17, 15) is 9.59 Å². The fourth-order valence-electron chi connectivity index (χ4n) is 3.10. The molecule has 0 bridgehead atoms. The van der Waals surface area contributed by atoms with Crippen LogP contribution < -0.4 is 15.4 Å². The van der Waals surface area contributed by atoms with E-state index in [1.807, 2.05) is 36.4 Å². The first-order valence-electron chi connectivity index (χ1n) is 8.54. The molecule has 0 saturated carbocycles. The number of rotatable bonds is 4. The average molecular weight is 362 g/mol. The Morgan fingerprint density at radius 1 is 1.19 bits per heavy atom. The molecule has 0 aliphatic carbocycles. The van der Waals surface area contributed by atoms with E-state index in [4.69, 9.17) is 4.74 Å². The molecule has 7 nitrogen and oxygen atoms in total. The van der Waals surface area contributed by atoms with Crippen molar-refractivity contribution in [3.05, 3.63) is 60.7 Å². The molecule has 0 saturated heterocycles. The average Bonchev–Trinajstić information content (AvgIpc) is 3.12. The second kappa shape index (κ2) is 6.95. The van der Waals surface area contributed by atoms with Gasteiger partial charge in [-0.15, -0.1) is 0 Å². The van der Waals surface area contributed by atoms with Gasteiger partial charge in [-0.3, -0.25) is 9.59 Å². The van der Waals surface area contributed by atoms with Crippen LogP contribution in [0.15, 0.2) is 60.7 Å². The van der Waals surface area contributed by atoms with E-state index < -0.39 is 6.04 Å². The lowest BCUT2D eigenvalue weighted by Gasteiger charge is -2.24. The quantitative estimate of drug-likeness (QED) is 0.747. The topological polar surface area (TPSA) is 85.2 Å². The van der Waals surface area contributed by atoms with Gasteiger partial charge in [-0.25, -0.2) is 4.68 Å². The maximum absolute atomic E-state index is 12.9. The van der Waals surface area contributed by atoms with Crippen LogP contribution in [0, 0.1) is 0 Å². The van der Waals surface area contributed by atoms with Crippen molar-refractivity contribution in [2.75, 3.05) is 17.7 Å². The monoisotopic (exact) mass is 362 g/mol. The Balaban J connectivity index is 1.65. The lowest BCUT2D eigenvalue weighted by molar-refractivity contribution is -0.125. The van der Waals surface area contributed by atoms with E-state index in [0.717, 1.165) is 5.56 Å². The van der Waals surface area contributed by atoms with E-state index in [-0.39, 0.29) is 18.2 Å². The Kier molecular flexibility index (Phi) is 4.33. The van der Waals surface area contributed by atoms with Crippen molar-refractivity contribution in [1.29, 1.82) is 0 Å². The molecule has 136 valence electrons. The van der Waals surface area contributed by atoms with E-state index in [0.29, 0.717) is 22.9 Å². The molecule has 2 amide bonds. The number of para-hydroxylation sites is 2. The van der Waals surface area contributed by atoms with Gasteiger partial charge in [0.05, 0.1) is 24.9 Å². The highest BCUT2D eigenvalue weighted by atomic mass is 16.5. The second-order valence-corrected chi connectivity index (χ2v) is 6.18. The molecular formula is C20H18N4O3. The molecule has 0 fully saturated rings. The number of carbonyl (C=O) groups is 2. The minimum absolute atomic E-state index is 0.0178. The van der Waals surface area contributed by atoms with E-state index in [2.05, 4.69) is 15.7 Å². The number of ether oxygens (including phenoxy) is 1. The van der Waals surface area contributed by atoms with Gasteiger partial charge in [-0.05, 0) is 12.1 Å². The highest BCUT2D eigenvalue weighted by Gasteiger charge is 2.32. The lowest BCUT2D eigenvalue weighted by atomic mass is 10.1. The van der Waals surface area contributed by atoms with Crippen LogP contribution in [0.2, 0.25) is 0 Å². The molecular weight excluding hydrogens is 344 g/mol. The third kappa shape index (κ3) is 3.27. The molecule has 1 aliphatic heterocycles. The molecule has 1 aromatic heterocycles. The first-order chi connectivity index (χ1) is 13.2. The molecule has 0 unspecified atom stereocenters. The zero-order valence-corrected chi connectivity index (χ0v) is 14.7. The van der Waals surface area contributed by atoms with Gasteiger partial charge in [-0.1, -0.05) is 42.5 Å². The first-order valence-corrected chi connectivity index (χ1v) is 8.54. The van der Waals surface area contributed by atoms with Gasteiger partial charge in [0, 0.05) is 11.6 Å². The van der Waals surface area contributed by atoms with E-state index in [1.165, 1.54) is 7.11 Å². The Labute approximate surface area is 156 Å². The number of nitrogens with zero attached hydrogens (tertiary/aromatic N) is 2. The Hall–Kier alpha value is -3.61. The zero-order valence-electron chi connectivity index (χ0n) is 14.7. The van der Waals surface area contributed by atoms with Crippen molar-refractivity contribution in [3.8, 4) is 17.0 Å². The zero-order chi connectivity index (χ0) is 18.8. The lowest BCUT2D eigenvalue weighted by Crippen LogP contribution is -2.35. The van der Waals surface area contributed by atoms with Crippen LogP contribution in [0.3, 0.4) is 0 Å². The Morgan fingerprint density at radius 3 is 2.70 bits per heavy atom. The van der Waals surface area contributed by atoms with Gasteiger partial charge in [0.15, 0.2) is 0 Å². The number of benzene rings is 2. The molecule has 7 heteroatoms. The fraction of sp³-hybridized carbons (Fsp3) is 0.150. The molecule has 0 radical (unpaired) electrons. The van der Waals surface area contributed by atoms with Crippen molar-refractivity contribution < 1.29 is 14.3 Å². The second-order valence-electron chi connectivity index (χ2n) is 6.18. The van der Waals surface area contributed by atoms with Crippen molar-refractivity contribution in [3.63, 3.8) is 0 Å². The summed E-state index contributed by atoms with van der Waals surface area (Å²) in [5.74, 6) is 0.516. The van der Waals surface area contributed by atoms with Crippen LogP contribution >= 0.6 is 0 Å². The Morgan fingerprint density at radius 2 is 1.93 bits per heavy atom. The van der Waals surface area contributed by atoms with Gasteiger partial charge >= 0.3 is 0 Å². The SMILES string of the molecule is COc1ccccc1NC(=O)[C@@H]1CC(=O)Nc2cc(-c3ccccc3)nn21. The number of nitrogens with one attached hydrogen (secondary N) is 2. The summed E-state index contributed by atoms with van der Waals surface area (Å²) in [4.78, 5) is 25.0. The first kappa shape index (κ1) is 16.8. The number of hydrogen-bond donors (Lipinski definition) is 2. The standard InChI is InChI=1S/C20H18N4O3/c1-27-17-10-6-5-9-14(17)21-20(26)16-12-19(25)22-18-11-15(23-24(16)18)13-7-3-2-4-8-13/h2-11,16H,12H2,1H3,(H,21,26)(H,22,25)/t16-/m0/s1. The number of methoxy groups -OCH3 is 1. The number of aromatic nitrogens is 2. The third-order valence-corrected chi connectivity index (χ3v) is 4.41. The number of carbonyl (C=O) groups excluding carboxylic acids is 2. The van der Waals surface area contributed by atoms with Crippen LogP contribution in [0.25, 0.3) is 11.3 Å². The maximum atomic E-state index is 12.9.